The van der Waals surface area contributed by atoms with Crippen LogP contribution in [0.1, 0.15) is 38.8 Å². The summed E-state index contributed by atoms with van der Waals surface area (Å²) in [4.78, 5) is 18.9. The van der Waals surface area contributed by atoms with Crippen molar-refractivity contribution in [1.82, 2.24) is 14.5 Å². The van der Waals surface area contributed by atoms with Crippen LogP contribution in [0.2, 0.25) is 0 Å². The molecule has 0 saturated carbocycles. The fourth-order valence-electron chi connectivity index (χ4n) is 7.04. The highest BCUT2D eigenvalue weighted by atomic mass is 16.5. The van der Waals surface area contributed by atoms with Crippen LogP contribution in [0.25, 0.3) is 60.5 Å². The third kappa shape index (κ3) is 5.05. The molecule has 2 aliphatic rings. The van der Waals surface area contributed by atoms with Crippen molar-refractivity contribution in [3.63, 3.8) is 0 Å². The summed E-state index contributed by atoms with van der Waals surface area (Å²) in [6.45, 7) is 9.44. The van der Waals surface area contributed by atoms with E-state index in [1.54, 1.807) is 0 Å². The van der Waals surface area contributed by atoms with E-state index in [0.717, 1.165) is 55.5 Å². The summed E-state index contributed by atoms with van der Waals surface area (Å²) in [7, 11) is 0. The molecule has 0 amide bonds. The van der Waals surface area contributed by atoms with Crippen molar-refractivity contribution in [2.45, 2.75) is 38.8 Å². The number of nitrogens with zero attached hydrogens (tertiary/aromatic N) is 5. The molecule has 7 aromatic rings. The Morgan fingerprint density at radius 1 is 0.531 bits per heavy atom. The molecule has 0 spiro atoms. The molecule has 0 N–H and O–H groups in total. The molecule has 7 heteroatoms. The highest BCUT2D eigenvalue weighted by Crippen LogP contribution is 2.42. The number of fused-ring (bicyclic) bond motifs is 5. The largest absolute Gasteiger partial charge is 0.475 e. The van der Waals surface area contributed by atoms with Crippen LogP contribution in [0, 0.1) is 0 Å². The fourth-order valence-corrected chi connectivity index (χ4v) is 7.04. The molecule has 49 heavy (non-hydrogen) atoms. The van der Waals surface area contributed by atoms with Gasteiger partial charge in [0.15, 0.2) is 0 Å². The molecule has 0 unspecified atom stereocenters. The van der Waals surface area contributed by atoms with Gasteiger partial charge in [0, 0.05) is 52.4 Å². The van der Waals surface area contributed by atoms with Crippen molar-refractivity contribution >= 4 is 44.4 Å². The van der Waals surface area contributed by atoms with Gasteiger partial charge in [0.2, 0.25) is 11.8 Å². The minimum absolute atomic E-state index is 0.241. The lowest BCUT2D eigenvalue weighted by molar-refractivity contribution is 0.279. The summed E-state index contributed by atoms with van der Waals surface area (Å²) in [6.07, 6.45) is 7.51. The van der Waals surface area contributed by atoms with Crippen LogP contribution in [0.3, 0.4) is 0 Å². The Morgan fingerprint density at radius 3 is 1.78 bits per heavy atom. The van der Waals surface area contributed by atoms with Crippen molar-refractivity contribution < 1.29 is 9.47 Å². The molecule has 5 heterocycles. The van der Waals surface area contributed by atoms with Gasteiger partial charge in [-0.1, -0.05) is 54.6 Å². The monoisotopic (exact) mass is 641 g/mol. The summed E-state index contributed by atoms with van der Waals surface area (Å²) in [5.41, 5.74) is 8.80. The molecule has 240 valence electrons. The Morgan fingerprint density at radius 2 is 1.12 bits per heavy atom. The number of aliphatic imine (C=N–C) groups is 2. The van der Waals surface area contributed by atoms with Crippen LogP contribution in [-0.2, 0) is 9.47 Å². The molecule has 0 atom stereocenters. The summed E-state index contributed by atoms with van der Waals surface area (Å²) >= 11 is 0. The van der Waals surface area contributed by atoms with Crippen LogP contribution >= 0.6 is 0 Å². The summed E-state index contributed by atoms with van der Waals surface area (Å²) in [5.74, 6) is 1.29. The molecule has 0 saturated heterocycles. The molecule has 0 aliphatic carbocycles. The molecular weight excluding hydrogens is 606 g/mol. The van der Waals surface area contributed by atoms with Crippen molar-refractivity contribution in [3.05, 3.63) is 127 Å². The number of aromatic nitrogens is 3. The first kappa shape index (κ1) is 29.3. The second-order valence-corrected chi connectivity index (χ2v) is 14.2. The predicted octanol–water partition coefficient (Wildman–Crippen LogP) is 9.17. The van der Waals surface area contributed by atoms with Gasteiger partial charge in [-0.15, -0.1) is 0 Å². The maximum atomic E-state index is 6.00. The lowest BCUT2D eigenvalue weighted by Crippen LogP contribution is -2.17. The first-order valence-electron chi connectivity index (χ1n) is 16.7. The van der Waals surface area contributed by atoms with Gasteiger partial charge in [0.05, 0.1) is 33.2 Å². The van der Waals surface area contributed by atoms with E-state index in [2.05, 4.69) is 133 Å². The molecule has 0 radical (unpaired) electrons. The number of hydrogen-bond acceptors (Lipinski definition) is 6. The van der Waals surface area contributed by atoms with Gasteiger partial charge >= 0.3 is 0 Å². The van der Waals surface area contributed by atoms with E-state index < -0.39 is 0 Å². The zero-order valence-electron chi connectivity index (χ0n) is 27.9. The molecule has 4 aromatic carbocycles. The number of pyridine rings is 2. The second-order valence-electron chi connectivity index (χ2n) is 14.2. The fraction of sp³-hybridized carbons (Fsp3) is 0.190. The van der Waals surface area contributed by atoms with Crippen molar-refractivity contribution in [2.75, 3.05) is 13.2 Å². The maximum Gasteiger partial charge on any atom is 0.218 e. The normalized spacial score (nSPS) is 16.5. The summed E-state index contributed by atoms with van der Waals surface area (Å²) < 4.78 is 14.3. The predicted molar refractivity (Wildman–Crippen MR) is 198 cm³/mol. The Hall–Kier alpha value is -5.82. The maximum absolute atomic E-state index is 6.00. The van der Waals surface area contributed by atoms with Crippen LogP contribution in [0.5, 0.6) is 0 Å². The Labute approximate surface area is 284 Å². The van der Waals surface area contributed by atoms with Gasteiger partial charge in [0.25, 0.3) is 0 Å². The van der Waals surface area contributed by atoms with Crippen molar-refractivity contribution in [1.29, 1.82) is 0 Å². The molecule has 0 bridgehead atoms. The summed E-state index contributed by atoms with van der Waals surface area (Å²) in [5, 5.41) is 4.74. The Bertz CT molecular complexity index is 2510. The lowest BCUT2D eigenvalue weighted by atomic mass is 9.94. The zero-order chi connectivity index (χ0) is 33.3. The third-order valence-corrected chi connectivity index (χ3v) is 9.33. The number of benzene rings is 4. The van der Waals surface area contributed by atoms with E-state index >= 15 is 0 Å². The molecule has 3 aromatic heterocycles. The van der Waals surface area contributed by atoms with Gasteiger partial charge in [-0.3, -0.25) is 9.97 Å². The smallest absolute Gasteiger partial charge is 0.218 e. The summed E-state index contributed by atoms with van der Waals surface area (Å²) in [6, 6.07) is 32.5. The number of ether oxygens (including phenoxy) is 2. The lowest BCUT2D eigenvalue weighted by Gasteiger charge is -2.13. The molecule has 9 rings (SSSR count). The molecule has 2 aliphatic heterocycles. The van der Waals surface area contributed by atoms with Crippen LogP contribution in [-0.4, -0.2) is 50.6 Å². The first-order chi connectivity index (χ1) is 23.7. The van der Waals surface area contributed by atoms with Gasteiger partial charge in [-0.05, 0) is 86.0 Å². The van der Waals surface area contributed by atoms with E-state index in [4.69, 9.17) is 19.5 Å². The standard InChI is InChI=1S/C42H35N5O2/c1-41(2)24-48-39(45-41)29-16-27(20-43-22-29)26-14-15-34-36(18-26)47(31-10-6-5-7-11-31)37-19-35(32-12-8-9-13-33(32)38(34)37)28-17-30(23-44-21-28)40-46-42(3,4)25-49-40/h5-23H,24-25H2,1-4H3. The van der Waals surface area contributed by atoms with Crippen LogP contribution < -0.4 is 0 Å². The number of rotatable bonds is 5. The molecule has 7 nitrogen and oxygen atoms in total. The van der Waals surface area contributed by atoms with E-state index in [9.17, 15) is 0 Å². The zero-order valence-corrected chi connectivity index (χ0v) is 27.9. The Kier molecular flexibility index (Phi) is 6.50. The molecule has 0 fully saturated rings. The topological polar surface area (TPSA) is 73.9 Å². The van der Waals surface area contributed by atoms with Gasteiger partial charge in [-0.2, -0.15) is 0 Å². The van der Waals surface area contributed by atoms with Gasteiger partial charge in [0.1, 0.15) is 13.2 Å². The SMILES string of the molecule is CC1(C)COC(c2cncc(-c3ccc4c5c6ccccc6c(-c6cncc(C7=NC(C)(C)CO7)c6)cc5n(-c5ccccc5)c4c3)c2)=N1. The average molecular weight is 642 g/mol. The minimum atomic E-state index is -0.251. The second kappa shape index (κ2) is 10.9. The first-order valence-corrected chi connectivity index (χ1v) is 16.7. The van der Waals surface area contributed by atoms with Gasteiger partial charge in [-0.25, -0.2) is 9.98 Å². The highest BCUT2D eigenvalue weighted by Gasteiger charge is 2.29. The van der Waals surface area contributed by atoms with Crippen LogP contribution in [0.4, 0.5) is 0 Å². The van der Waals surface area contributed by atoms with E-state index in [1.807, 2.05) is 24.8 Å². The Balaban J connectivity index is 1.28. The number of hydrogen-bond donors (Lipinski definition) is 0. The van der Waals surface area contributed by atoms with Crippen molar-refractivity contribution in [3.8, 4) is 27.9 Å². The van der Waals surface area contributed by atoms with Crippen molar-refractivity contribution in [2.24, 2.45) is 9.98 Å². The quantitative estimate of drug-likeness (QED) is 0.188. The van der Waals surface area contributed by atoms with Gasteiger partial charge < -0.3 is 14.0 Å². The number of para-hydroxylation sites is 1. The van der Waals surface area contributed by atoms with E-state index in [-0.39, 0.29) is 11.1 Å². The van der Waals surface area contributed by atoms with E-state index in [1.165, 1.54) is 16.2 Å². The third-order valence-electron chi connectivity index (χ3n) is 9.33. The average Bonchev–Trinajstić information content (AvgIpc) is 3.79. The molecular formula is C42H35N5O2. The van der Waals surface area contributed by atoms with Crippen LogP contribution in [0.15, 0.2) is 126 Å². The van der Waals surface area contributed by atoms with E-state index in [0.29, 0.717) is 25.0 Å². The highest BCUT2D eigenvalue weighted by molar-refractivity contribution is 6.24. The minimum Gasteiger partial charge on any atom is -0.475 e.